The Kier molecular flexibility index (Phi) is 6.28. The molecule has 0 N–H and O–H groups in total. The van der Waals surface area contributed by atoms with Crippen LogP contribution in [0.25, 0.3) is 16.7 Å². The largest absolute Gasteiger partial charge is 0.300 e. The lowest BCUT2D eigenvalue weighted by Crippen LogP contribution is -2.24. The van der Waals surface area contributed by atoms with Crippen LogP contribution in [0.5, 0.6) is 0 Å². The van der Waals surface area contributed by atoms with Crippen molar-refractivity contribution in [3.05, 3.63) is 64.6 Å². The van der Waals surface area contributed by atoms with Gasteiger partial charge in [0, 0.05) is 11.0 Å². The number of nitrogens with zero attached hydrogens (tertiary/aromatic N) is 1. The first-order chi connectivity index (χ1) is 11.7. The molecule has 0 radical (unpaired) electrons. The lowest BCUT2D eigenvalue weighted by atomic mass is 10.0. The number of allylic oxidation sites excluding steroid dienone is 1. The van der Waals surface area contributed by atoms with Crippen molar-refractivity contribution in [3.63, 3.8) is 0 Å². The Morgan fingerprint density at radius 2 is 1.62 bits per heavy atom. The van der Waals surface area contributed by atoms with Gasteiger partial charge < -0.3 is 0 Å². The number of benzene rings is 2. The molecule has 126 valence electrons. The molecular weight excluding hydrogens is 358 g/mol. The van der Waals surface area contributed by atoms with Crippen molar-refractivity contribution >= 4 is 21.5 Å². The minimum absolute atomic E-state index is 1.08. The van der Waals surface area contributed by atoms with Gasteiger partial charge >= 0.3 is 0 Å². The molecule has 2 heteroatoms. The smallest absolute Gasteiger partial charge is 0.0253 e. The highest BCUT2D eigenvalue weighted by molar-refractivity contribution is 9.10. The standard InChI is InChI=1S/C22H26BrN/c1-18(14-17-24-15-6-2-3-7-16-24)19-10-12-20(13-11-19)21-8-4-5-9-22(21)23/h4-5,8-14H,2-3,6-7,15-17H2,1H3. The molecule has 0 saturated carbocycles. The highest BCUT2D eigenvalue weighted by Gasteiger charge is 2.08. The molecular formula is C22H26BrN. The van der Waals surface area contributed by atoms with Crippen LogP contribution in [0.15, 0.2) is 59.1 Å². The van der Waals surface area contributed by atoms with E-state index < -0.39 is 0 Å². The number of rotatable bonds is 4. The van der Waals surface area contributed by atoms with Crippen LogP contribution in [0, 0.1) is 0 Å². The third-order valence-electron chi connectivity index (χ3n) is 4.88. The van der Waals surface area contributed by atoms with Gasteiger partial charge in [0.25, 0.3) is 0 Å². The topological polar surface area (TPSA) is 3.24 Å². The Morgan fingerprint density at radius 1 is 0.958 bits per heavy atom. The summed E-state index contributed by atoms with van der Waals surface area (Å²) in [6, 6.07) is 17.3. The lowest BCUT2D eigenvalue weighted by molar-refractivity contribution is 0.316. The maximum atomic E-state index is 3.64. The molecule has 2 aromatic carbocycles. The predicted molar refractivity (Wildman–Crippen MR) is 108 cm³/mol. The Bertz CT molecular complexity index is 679. The SMILES string of the molecule is CC(=CCN1CCCCCC1)c1ccc(-c2ccccc2Br)cc1. The van der Waals surface area contributed by atoms with E-state index in [9.17, 15) is 0 Å². The fourth-order valence-electron chi connectivity index (χ4n) is 3.31. The van der Waals surface area contributed by atoms with Gasteiger partial charge in [0.05, 0.1) is 0 Å². The van der Waals surface area contributed by atoms with E-state index in [0.717, 1.165) is 11.0 Å². The monoisotopic (exact) mass is 383 g/mol. The summed E-state index contributed by atoms with van der Waals surface area (Å²) in [7, 11) is 0. The second-order valence-corrected chi connectivity index (χ2v) is 7.51. The molecule has 1 saturated heterocycles. The van der Waals surface area contributed by atoms with Crippen LogP contribution in [-0.4, -0.2) is 24.5 Å². The Morgan fingerprint density at radius 3 is 2.29 bits per heavy atom. The Labute approximate surface area is 154 Å². The summed E-state index contributed by atoms with van der Waals surface area (Å²) in [4.78, 5) is 2.59. The molecule has 0 atom stereocenters. The molecule has 3 rings (SSSR count). The zero-order chi connectivity index (χ0) is 16.8. The van der Waals surface area contributed by atoms with E-state index in [4.69, 9.17) is 0 Å². The van der Waals surface area contributed by atoms with Gasteiger partial charge in [0.15, 0.2) is 0 Å². The zero-order valence-electron chi connectivity index (χ0n) is 14.5. The van der Waals surface area contributed by atoms with E-state index in [0.29, 0.717) is 0 Å². The van der Waals surface area contributed by atoms with E-state index in [1.54, 1.807) is 0 Å². The average molecular weight is 384 g/mol. The second-order valence-electron chi connectivity index (χ2n) is 6.66. The molecule has 0 aliphatic carbocycles. The minimum atomic E-state index is 1.08. The maximum Gasteiger partial charge on any atom is 0.0253 e. The van der Waals surface area contributed by atoms with Crippen molar-refractivity contribution in [1.29, 1.82) is 0 Å². The molecule has 2 aromatic rings. The van der Waals surface area contributed by atoms with Gasteiger partial charge in [-0.05, 0) is 61.2 Å². The fourth-order valence-corrected chi connectivity index (χ4v) is 3.82. The van der Waals surface area contributed by atoms with E-state index in [1.807, 2.05) is 0 Å². The molecule has 0 unspecified atom stereocenters. The Hall–Kier alpha value is -1.38. The predicted octanol–water partition coefficient (Wildman–Crippen LogP) is 6.40. The van der Waals surface area contributed by atoms with Crippen molar-refractivity contribution in [1.82, 2.24) is 4.90 Å². The van der Waals surface area contributed by atoms with Gasteiger partial charge in [0.2, 0.25) is 0 Å². The van der Waals surface area contributed by atoms with E-state index in [2.05, 4.69) is 82.4 Å². The molecule has 1 heterocycles. The summed E-state index contributed by atoms with van der Waals surface area (Å²) in [6.07, 6.45) is 7.89. The van der Waals surface area contributed by atoms with Gasteiger partial charge in [-0.1, -0.05) is 77.3 Å². The molecule has 1 aliphatic rings. The quantitative estimate of drug-likeness (QED) is 0.590. The van der Waals surface area contributed by atoms with Crippen LogP contribution in [0.3, 0.4) is 0 Å². The third kappa shape index (κ3) is 4.58. The van der Waals surface area contributed by atoms with Gasteiger partial charge in [-0.15, -0.1) is 0 Å². The van der Waals surface area contributed by atoms with Crippen LogP contribution in [0.4, 0.5) is 0 Å². The minimum Gasteiger partial charge on any atom is -0.300 e. The van der Waals surface area contributed by atoms with Gasteiger partial charge in [-0.3, -0.25) is 4.90 Å². The lowest BCUT2D eigenvalue weighted by Gasteiger charge is -2.18. The molecule has 0 spiro atoms. The van der Waals surface area contributed by atoms with Crippen molar-refractivity contribution in [3.8, 4) is 11.1 Å². The fraction of sp³-hybridized carbons (Fsp3) is 0.364. The zero-order valence-corrected chi connectivity index (χ0v) is 16.1. The molecule has 0 bridgehead atoms. The molecule has 0 aromatic heterocycles. The number of halogens is 1. The van der Waals surface area contributed by atoms with Crippen molar-refractivity contribution in [2.24, 2.45) is 0 Å². The molecule has 24 heavy (non-hydrogen) atoms. The van der Waals surface area contributed by atoms with Crippen LogP contribution in [-0.2, 0) is 0 Å². The van der Waals surface area contributed by atoms with Crippen molar-refractivity contribution in [2.75, 3.05) is 19.6 Å². The van der Waals surface area contributed by atoms with Crippen LogP contribution in [0.1, 0.15) is 38.2 Å². The van der Waals surface area contributed by atoms with E-state index in [-0.39, 0.29) is 0 Å². The van der Waals surface area contributed by atoms with Crippen LogP contribution >= 0.6 is 15.9 Å². The number of hydrogen-bond acceptors (Lipinski definition) is 1. The van der Waals surface area contributed by atoms with Gasteiger partial charge in [-0.2, -0.15) is 0 Å². The maximum absolute atomic E-state index is 3.64. The highest BCUT2D eigenvalue weighted by atomic mass is 79.9. The van der Waals surface area contributed by atoms with Crippen molar-refractivity contribution < 1.29 is 0 Å². The second kappa shape index (κ2) is 8.64. The highest BCUT2D eigenvalue weighted by Crippen LogP contribution is 2.29. The average Bonchev–Trinajstić information content (AvgIpc) is 2.89. The number of hydrogen-bond donors (Lipinski definition) is 0. The number of likely N-dealkylation sites (tertiary alicyclic amines) is 1. The third-order valence-corrected chi connectivity index (χ3v) is 5.57. The molecule has 1 aliphatic heterocycles. The van der Waals surface area contributed by atoms with Gasteiger partial charge in [-0.25, -0.2) is 0 Å². The Balaban J connectivity index is 1.68. The molecule has 1 nitrogen and oxygen atoms in total. The van der Waals surface area contributed by atoms with Gasteiger partial charge in [0.1, 0.15) is 0 Å². The van der Waals surface area contributed by atoms with Crippen LogP contribution < -0.4 is 0 Å². The first-order valence-corrected chi connectivity index (χ1v) is 9.78. The van der Waals surface area contributed by atoms with Crippen LogP contribution in [0.2, 0.25) is 0 Å². The summed E-state index contributed by atoms with van der Waals surface area (Å²) >= 11 is 3.64. The summed E-state index contributed by atoms with van der Waals surface area (Å²) in [5.41, 5.74) is 5.19. The molecule has 1 fully saturated rings. The first kappa shape index (κ1) is 17.4. The van der Waals surface area contributed by atoms with E-state index in [1.165, 1.54) is 61.0 Å². The summed E-state index contributed by atoms with van der Waals surface area (Å²) < 4.78 is 1.14. The first-order valence-electron chi connectivity index (χ1n) is 8.98. The summed E-state index contributed by atoms with van der Waals surface area (Å²) in [5.74, 6) is 0. The van der Waals surface area contributed by atoms with E-state index >= 15 is 0 Å². The normalized spacial score (nSPS) is 16.8. The molecule has 0 amide bonds. The summed E-state index contributed by atoms with van der Waals surface area (Å²) in [5, 5.41) is 0. The summed E-state index contributed by atoms with van der Waals surface area (Å²) in [6.45, 7) is 5.82. The van der Waals surface area contributed by atoms with Crippen molar-refractivity contribution in [2.45, 2.75) is 32.6 Å².